The van der Waals surface area contributed by atoms with E-state index in [-0.39, 0.29) is 0 Å². The molecule has 2 rings (SSSR count). The molecule has 0 heterocycles. The van der Waals surface area contributed by atoms with E-state index in [0.29, 0.717) is 11.4 Å². The fraction of sp³-hybridized carbons (Fsp3) is 0.238. The molecule has 2 aromatic carbocycles. The van der Waals surface area contributed by atoms with E-state index in [1.54, 1.807) is 12.1 Å². The van der Waals surface area contributed by atoms with E-state index < -0.39 is 23.8 Å². The lowest BCUT2D eigenvalue weighted by molar-refractivity contribution is -0.160. The molecule has 0 N–H and O–H groups in total. The Bertz CT molecular complexity index is 737. The molecule has 26 heavy (non-hydrogen) atoms. The summed E-state index contributed by atoms with van der Waals surface area (Å²) < 4.78 is 9.66. The van der Waals surface area contributed by atoms with Crippen LogP contribution >= 0.6 is 11.6 Å². The van der Waals surface area contributed by atoms with Crippen molar-refractivity contribution >= 4 is 29.6 Å². The second-order valence-electron chi connectivity index (χ2n) is 5.79. The van der Waals surface area contributed by atoms with Crippen molar-refractivity contribution in [2.24, 2.45) is 11.8 Å². The molecule has 0 bridgehead atoms. The number of rotatable bonds is 7. The molecule has 2 aromatic rings. The van der Waals surface area contributed by atoms with Gasteiger partial charge in [0.05, 0.1) is 14.2 Å². The van der Waals surface area contributed by atoms with Crippen molar-refractivity contribution in [3.8, 4) is 0 Å². The van der Waals surface area contributed by atoms with Crippen molar-refractivity contribution in [1.82, 2.24) is 0 Å². The van der Waals surface area contributed by atoms with Gasteiger partial charge in [-0.05, 0) is 29.7 Å². The number of carbonyl (C=O) groups is 2. The largest absolute Gasteiger partial charge is 0.468 e. The van der Waals surface area contributed by atoms with Crippen LogP contribution in [-0.2, 0) is 25.5 Å². The third-order valence-electron chi connectivity index (χ3n) is 4.06. The zero-order valence-corrected chi connectivity index (χ0v) is 15.5. The molecular weight excluding hydrogens is 352 g/mol. The summed E-state index contributed by atoms with van der Waals surface area (Å²) in [5.41, 5.74) is 1.93. The van der Waals surface area contributed by atoms with Crippen LogP contribution in [0.2, 0.25) is 5.02 Å². The average Bonchev–Trinajstić information content (AvgIpc) is 2.68. The number of ether oxygens (including phenoxy) is 2. The topological polar surface area (TPSA) is 52.6 Å². The van der Waals surface area contributed by atoms with E-state index in [0.717, 1.165) is 11.1 Å². The monoisotopic (exact) mass is 372 g/mol. The first kappa shape index (κ1) is 19.7. The van der Waals surface area contributed by atoms with Gasteiger partial charge < -0.3 is 9.47 Å². The van der Waals surface area contributed by atoms with Gasteiger partial charge in [-0.15, -0.1) is 0 Å². The SMILES string of the molecule is COC(=O)C(C(=O)OC)[C@@H](/C=C/c1ccccc1)Cc1ccc(Cl)cc1. The molecule has 0 spiro atoms. The number of allylic oxidation sites excluding steroid dienone is 1. The lowest BCUT2D eigenvalue weighted by Gasteiger charge is -2.21. The summed E-state index contributed by atoms with van der Waals surface area (Å²) in [5.74, 6) is -2.70. The van der Waals surface area contributed by atoms with Gasteiger partial charge in [0.2, 0.25) is 0 Å². The number of hydrogen-bond acceptors (Lipinski definition) is 4. The number of esters is 2. The van der Waals surface area contributed by atoms with E-state index in [1.165, 1.54) is 14.2 Å². The Kier molecular flexibility index (Phi) is 7.42. The summed E-state index contributed by atoms with van der Waals surface area (Å²) in [5, 5.41) is 0.627. The third kappa shape index (κ3) is 5.46. The van der Waals surface area contributed by atoms with Crippen LogP contribution < -0.4 is 0 Å². The van der Waals surface area contributed by atoms with Gasteiger partial charge in [0.25, 0.3) is 0 Å². The molecule has 0 aliphatic rings. The minimum Gasteiger partial charge on any atom is -0.468 e. The summed E-state index contributed by atoms with van der Waals surface area (Å²) in [6, 6.07) is 17.0. The highest BCUT2D eigenvalue weighted by atomic mass is 35.5. The summed E-state index contributed by atoms with van der Waals surface area (Å²) >= 11 is 5.94. The normalized spacial score (nSPS) is 12.2. The first-order valence-corrected chi connectivity index (χ1v) is 8.56. The first-order valence-electron chi connectivity index (χ1n) is 8.18. The Hall–Kier alpha value is -2.59. The van der Waals surface area contributed by atoms with E-state index in [1.807, 2.05) is 54.6 Å². The maximum absolute atomic E-state index is 12.2. The van der Waals surface area contributed by atoms with Gasteiger partial charge in [-0.25, -0.2) is 0 Å². The third-order valence-corrected chi connectivity index (χ3v) is 4.31. The summed E-state index contributed by atoms with van der Waals surface area (Å²) in [6.07, 6.45) is 4.21. The number of halogens is 1. The Balaban J connectivity index is 2.34. The second-order valence-corrected chi connectivity index (χ2v) is 6.22. The number of hydrogen-bond donors (Lipinski definition) is 0. The molecule has 1 atom stereocenters. The highest BCUT2D eigenvalue weighted by Crippen LogP contribution is 2.24. The zero-order valence-electron chi connectivity index (χ0n) is 14.7. The number of carbonyl (C=O) groups excluding carboxylic acids is 2. The van der Waals surface area contributed by atoms with Gasteiger partial charge in [0, 0.05) is 10.9 Å². The van der Waals surface area contributed by atoms with Gasteiger partial charge in [0.1, 0.15) is 0 Å². The van der Waals surface area contributed by atoms with Crippen LogP contribution in [-0.4, -0.2) is 26.2 Å². The van der Waals surface area contributed by atoms with Crippen LogP contribution in [0.5, 0.6) is 0 Å². The van der Waals surface area contributed by atoms with Crippen LogP contribution in [0.3, 0.4) is 0 Å². The van der Waals surface area contributed by atoms with E-state index in [4.69, 9.17) is 21.1 Å². The van der Waals surface area contributed by atoms with Crippen LogP contribution in [0, 0.1) is 11.8 Å². The molecule has 0 aromatic heterocycles. The van der Waals surface area contributed by atoms with E-state index >= 15 is 0 Å². The maximum atomic E-state index is 12.2. The Morgan fingerprint density at radius 2 is 1.54 bits per heavy atom. The van der Waals surface area contributed by atoms with Gasteiger partial charge in [-0.3, -0.25) is 9.59 Å². The molecule has 0 radical (unpaired) electrons. The van der Waals surface area contributed by atoms with Gasteiger partial charge in [-0.2, -0.15) is 0 Å². The van der Waals surface area contributed by atoms with Crippen molar-refractivity contribution in [3.05, 3.63) is 76.8 Å². The molecule has 0 aliphatic heterocycles. The predicted molar refractivity (Wildman–Crippen MR) is 102 cm³/mol. The number of methoxy groups -OCH3 is 2. The van der Waals surface area contributed by atoms with Crippen molar-refractivity contribution in [3.63, 3.8) is 0 Å². The summed E-state index contributed by atoms with van der Waals surface area (Å²) in [6.45, 7) is 0. The maximum Gasteiger partial charge on any atom is 0.320 e. The predicted octanol–water partition coefficient (Wildman–Crippen LogP) is 4.17. The van der Waals surface area contributed by atoms with Crippen LogP contribution in [0.1, 0.15) is 11.1 Å². The Morgan fingerprint density at radius 3 is 2.08 bits per heavy atom. The van der Waals surface area contributed by atoms with Crippen molar-refractivity contribution < 1.29 is 19.1 Å². The summed E-state index contributed by atoms with van der Waals surface area (Å²) in [7, 11) is 2.52. The Labute approximate surface area is 158 Å². The second kappa shape index (κ2) is 9.78. The lowest BCUT2D eigenvalue weighted by Crippen LogP contribution is -2.33. The fourth-order valence-corrected chi connectivity index (χ4v) is 2.81. The van der Waals surface area contributed by atoms with Gasteiger partial charge in [0.15, 0.2) is 5.92 Å². The molecule has 136 valence electrons. The molecule has 0 unspecified atom stereocenters. The molecular formula is C21H21ClO4. The highest BCUT2D eigenvalue weighted by molar-refractivity contribution is 6.30. The van der Waals surface area contributed by atoms with Crippen molar-refractivity contribution in [2.45, 2.75) is 6.42 Å². The molecule has 0 aliphatic carbocycles. The van der Waals surface area contributed by atoms with E-state index in [2.05, 4.69) is 0 Å². The molecule has 5 heteroatoms. The summed E-state index contributed by atoms with van der Waals surface area (Å²) in [4.78, 5) is 24.5. The zero-order chi connectivity index (χ0) is 18.9. The van der Waals surface area contributed by atoms with Gasteiger partial charge in [-0.1, -0.05) is 66.2 Å². The molecule has 0 saturated heterocycles. The molecule has 0 amide bonds. The molecule has 0 fully saturated rings. The molecule has 4 nitrogen and oxygen atoms in total. The molecule has 0 saturated carbocycles. The highest BCUT2D eigenvalue weighted by Gasteiger charge is 2.35. The lowest BCUT2D eigenvalue weighted by atomic mass is 9.86. The van der Waals surface area contributed by atoms with Crippen molar-refractivity contribution in [1.29, 1.82) is 0 Å². The van der Waals surface area contributed by atoms with E-state index in [9.17, 15) is 9.59 Å². The fourth-order valence-electron chi connectivity index (χ4n) is 2.69. The average molecular weight is 373 g/mol. The first-order chi connectivity index (χ1) is 12.5. The van der Waals surface area contributed by atoms with Gasteiger partial charge >= 0.3 is 11.9 Å². The Morgan fingerprint density at radius 1 is 0.962 bits per heavy atom. The standard InChI is InChI=1S/C21H21ClO4/c1-25-20(23)19(21(24)26-2)17(11-8-15-6-4-3-5-7-15)14-16-9-12-18(22)13-10-16/h3-13,17,19H,14H2,1-2H3/b11-8+/t17-/m0/s1. The quantitative estimate of drug-likeness (QED) is 0.540. The van der Waals surface area contributed by atoms with Crippen LogP contribution in [0.4, 0.5) is 0 Å². The van der Waals surface area contributed by atoms with Crippen LogP contribution in [0.15, 0.2) is 60.7 Å². The van der Waals surface area contributed by atoms with Crippen molar-refractivity contribution in [2.75, 3.05) is 14.2 Å². The minimum absolute atomic E-state index is 0.420. The van der Waals surface area contributed by atoms with Crippen LogP contribution in [0.25, 0.3) is 6.08 Å². The minimum atomic E-state index is -1.04. The number of benzene rings is 2. The smallest absolute Gasteiger partial charge is 0.320 e.